The summed E-state index contributed by atoms with van der Waals surface area (Å²) in [7, 11) is 0. The Labute approximate surface area is 132 Å². The van der Waals surface area contributed by atoms with Crippen LogP contribution in [-0.2, 0) is 9.59 Å². The van der Waals surface area contributed by atoms with Gasteiger partial charge in [-0.1, -0.05) is 61.2 Å². The van der Waals surface area contributed by atoms with Gasteiger partial charge in [0, 0.05) is 16.9 Å². The molecule has 2 rings (SSSR count). The van der Waals surface area contributed by atoms with Crippen LogP contribution < -0.4 is 0 Å². The SMILES string of the molecule is CCC(=O)Sc1cc(-c2ccccc2)ccc1C(O)C(=O)O. The van der Waals surface area contributed by atoms with E-state index in [0.29, 0.717) is 11.3 Å². The van der Waals surface area contributed by atoms with Crippen LogP contribution in [0.15, 0.2) is 53.4 Å². The molecule has 4 nitrogen and oxygen atoms in total. The number of benzene rings is 2. The van der Waals surface area contributed by atoms with Crippen LogP contribution >= 0.6 is 11.8 Å². The minimum absolute atomic E-state index is 0.0796. The molecule has 22 heavy (non-hydrogen) atoms. The molecule has 0 aliphatic carbocycles. The van der Waals surface area contributed by atoms with Gasteiger partial charge in [0.05, 0.1) is 0 Å². The van der Waals surface area contributed by atoms with Crippen LogP contribution in [0.3, 0.4) is 0 Å². The lowest BCUT2D eigenvalue weighted by Crippen LogP contribution is -2.11. The van der Waals surface area contributed by atoms with E-state index >= 15 is 0 Å². The average Bonchev–Trinajstić information content (AvgIpc) is 2.54. The van der Waals surface area contributed by atoms with Gasteiger partial charge < -0.3 is 10.2 Å². The summed E-state index contributed by atoms with van der Waals surface area (Å²) in [5.74, 6) is -1.33. The third-order valence-corrected chi connectivity index (χ3v) is 4.25. The van der Waals surface area contributed by atoms with Crippen molar-refractivity contribution in [3.8, 4) is 11.1 Å². The van der Waals surface area contributed by atoms with Gasteiger partial charge in [0.1, 0.15) is 0 Å². The number of carbonyl (C=O) groups excluding carboxylic acids is 1. The second-order valence-electron chi connectivity index (χ2n) is 4.69. The summed E-state index contributed by atoms with van der Waals surface area (Å²) in [5.41, 5.74) is 2.07. The Morgan fingerprint density at radius 2 is 1.77 bits per heavy atom. The molecule has 0 bridgehead atoms. The van der Waals surface area contributed by atoms with Crippen molar-refractivity contribution in [1.82, 2.24) is 0 Å². The predicted molar refractivity (Wildman–Crippen MR) is 85.6 cm³/mol. The van der Waals surface area contributed by atoms with Crippen LogP contribution in [0.5, 0.6) is 0 Å². The van der Waals surface area contributed by atoms with E-state index < -0.39 is 12.1 Å². The Bertz CT molecular complexity index is 682. The first kappa shape index (κ1) is 16.3. The van der Waals surface area contributed by atoms with E-state index in [1.54, 1.807) is 25.1 Å². The highest BCUT2D eigenvalue weighted by Gasteiger charge is 2.21. The highest BCUT2D eigenvalue weighted by molar-refractivity contribution is 8.13. The first-order chi connectivity index (χ1) is 10.5. The monoisotopic (exact) mass is 316 g/mol. The summed E-state index contributed by atoms with van der Waals surface area (Å²) in [6, 6.07) is 14.6. The number of aliphatic hydroxyl groups is 1. The smallest absolute Gasteiger partial charge is 0.337 e. The molecule has 0 spiro atoms. The van der Waals surface area contributed by atoms with E-state index in [4.69, 9.17) is 5.11 Å². The van der Waals surface area contributed by atoms with E-state index in [1.807, 2.05) is 30.3 Å². The fourth-order valence-corrected chi connectivity index (χ4v) is 2.86. The molecule has 0 amide bonds. The molecular weight excluding hydrogens is 300 g/mol. The Balaban J connectivity index is 2.47. The maximum absolute atomic E-state index is 11.7. The molecule has 1 atom stereocenters. The summed E-state index contributed by atoms with van der Waals surface area (Å²) >= 11 is 0.963. The zero-order valence-electron chi connectivity index (χ0n) is 12.0. The third kappa shape index (κ3) is 3.75. The number of carboxylic acids is 1. The molecule has 1 unspecified atom stereocenters. The Morgan fingerprint density at radius 1 is 1.09 bits per heavy atom. The van der Waals surface area contributed by atoms with Gasteiger partial charge in [0.15, 0.2) is 11.2 Å². The molecular formula is C17H16O4S. The van der Waals surface area contributed by atoms with Crippen molar-refractivity contribution in [3.63, 3.8) is 0 Å². The number of hydrogen-bond donors (Lipinski definition) is 2. The van der Waals surface area contributed by atoms with Crippen molar-refractivity contribution in [3.05, 3.63) is 54.1 Å². The summed E-state index contributed by atoms with van der Waals surface area (Å²) in [6.45, 7) is 1.74. The highest BCUT2D eigenvalue weighted by atomic mass is 32.2. The van der Waals surface area contributed by atoms with Crippen molar-refractivity contribution >= 4 is 22.8 Å². The van der Waals surface area contributed by atoms with Crippen molar-refractivity contribution < 1.29 is 19.8 Å². The van der Waals surface area contributed by atoms with Crippen LogP contribution in [0.1, 0.15) is 25.0 Å². The lowest BCUT2D eigenvalue weighted by molar-refractivity contribution is -0.147. The molecule has 0 saturated heterocycles. The topological polar surface area (TPSA) is 74.6 Å². The van der Waals surface area contributed by atoms with E-state index in [9.17, 15) is 14.7 Å². The van der Waals surface area contributed by atoms with Gasteiger partial charge in [-0.25, -0.2) is 4.79 Å². The Kier molecular flexibility index (Phi) is 5.35. The lowest BCUT2D eigenvalue weighted by atomic mass is 10.0. The second kappa shape index (κ2) is 7.24. The number of hydrogen-bond acceptors (Lipinski definition) is 4. The third-order valence-electron chi connectivity index (χ3n) is 3.16. The molecule has 0 saturated carbocycles. The maximum Gasteiger partial charge on any atom is 0.337 e. The van der Waals surface area contributed by atoms with Crippen molar-refractivity contribution in [2.24, 2.45) is 0 Å². The molecule has 0 aliphatic rings. The zero-order valence-corrected chi connectivity index (χ0v) is 12.8. The first-order valence-electron chi connectivity index (χ1n) is 6.84. The van der Waals surface area contributed by atoms with Crippen LogP contribution in [0.2, 0.25) is 0 Å². The molecule has 0 heterocycles. The quantitative estimate of drug-likeness (QED) is 0.826. The molecule has 2 aromatic carbocycles. The number of carboxylic acid groups (broad SMARTS) is 1. The van der Waals surface area contributed by atoms with E-state index in [-0.39, 0.29) is 10.7 Å². The molecule has 114 valence electrons. The molecule has 0 aliphatic heterocycles. The first-order valence-corrected chi connectivity index (χ1v) is 7.65. The minimum Gasteiger partial charge on any atom is -0.479 e. The standard InChI is InChI=1S/C17H16O4S/c1-2-15(18)22-14-10-12(11-6-4-3-5-7-11)8-9-13(14)16(19)17(20)21/h3-10,16,19H,2H2,1H3,(H,20,21). The van der Waals surface area contributed by atoms with E-state index in [1.165, 1.54) is 0 Å². The Hall–Kier alpha value is -2.11. The van der Waals surface area contributed by atoms with Crippen LogP contribution in [0.4, 0.5) is 0 Å². The van der Waals surface area contributed by atoms with E-state index in [0.717, 1.165) is 22.9 Å². The molecule has 5 heteroatoms. The van der Waals surface area contributed by atoms with Crippen molar-refractivity contribution in [2.75, 3.05) is 0 Å². The minimum atomic E-state index is -1.64. The van der Waals surface area contributed by atoms with Gasteiger partial charge in [-0.05, 0) is 17.2 Å². The zero-order chi connectivity index (χ0) is 16.1. The molecule has 0 aromatic heterocycles. The number of carbonyl (C=O) groups is 2. The normalized spacial score (nSPS) is 11.9. The summed E-state index contributed by atoms with van der Waals surface area (Å²) in [5, 5.41) is 18.7. The van der Waals surface area contributed by atoms with Gasteiger partial charge >= 0.3 is 5.97 Å². The van der Waals surface area contributed by atoms with Crippen molar-refractivity contribution in [2.45, 2.75) is 24.3 Å². The predicted octanol–water partition coefficient (Wildman–Crippen LogP) is 3.50. The number of aliphatic hydroxyl groups excluding tert-OH is 1. The van der Waals surface area contributed by atoms with Crippen molar-refractivity contribution in [1.29, 1.82) is 0 Å². The summed E-state index contributed by atoms with van der Waals surface area (Å²) in [4.78, 5) is 23.2. The largest absolute Gasteiger partial charge is 0.479 e. The maximum atomic E-state index is 11.7. The van der Waals surface area contributed by atoms with Gasteiger partial charge in [-0.2, -0.15) is 0 Å². The highest BCUT2D eigenvalue weighted by Crippen LogP contribution is 2.33. The summed E-state index contributed by atoms with van der Waals surface area (Å²) < 4.78 is 0. The number of aliphatic carboxylic acids is 1. The second-order valence-corrected chi connectivity index (χ2v) is 5.79. The van der Waals surface area contributed by atoms with Gasteiger partial charge in [-0.15, -0.1) is 0 Å². The van der Waals surface area contributed by atoms with Gasteiger partial charge in [0.2, 0.25) is 0 Å². The summed E-state index contributed by atoms with van der Waals surface area (Å²) in [6.07, 6.45) is -1.31. The van der Waals surface area contributed by atoms with Crippen LogP contribution in [0, 0.1) is 0 Å². The van der Waals surface area contributed by atoms with Gasteiger partial charge in [-0.3, -0.25) is 4.79 Å². The lowest BCUT2D eigenvalue weighted by Gasteiger charge is -2.13. The molecule has 2 aromatic rings. The fraction of sp³-hybridized carbons (Fsp3) is 0.176. The van der Waals surface area contributed by atoms with Gasteiger partial charge in [0.25, 0.3) is 0 Å². The van der Waals surface area contributed by atoms with Crippen LogP contribution in [0.25, 0.3) is 11.1 Å². The Morgan fingerprint density at radius 3 is 2.36 bits per heavy atom. The number of thioether (sulfide) groups is 1. The van der Waals surface area contributed by atoms with E-state index in [2.05, 4.69) is 0 Å². The number of rotatable bonds is 5. The molecule has 2 N–H and O–H groups in total. The fourth-order valence-electron chi connectivity index (χ4n) is 1.99. The average molecular weight is 316 g/mol. The molecule has 0 radical (unpaired) electrons. The van der Waals surface area contributed by atoms with Crippen LogP contribution in [-0.4, -0.2) is 21.3 Å². The molecule has 0 fully saturated rings.